The summed E-state index contributed by atoms with van der Waals surface area (Å²) in [5, 5.41) is 12.6. The van der Waals surface area contributed by atoms with Crippen LogP contribution in [0, 0.1) is 0 Å². The SMILES string of the molecule is CC(CO)NCc1cncc(Br)c1Cl. The van der Waals surface area contributed by atoms with E-state index in [4.69, 9.17) is 16.7 Å². The molecule has 1 aromatic rings. The van der Waals surface area contributed by atoms with Gasteiger partial charge in [-0.25, -0.2) is 0 Å². The number of halogens is 2. The predicted molar refractivity (Wildman–Crippen MR) is 60.3 cm³/mol. The quantitative estimate of drug-likeness (QED) is 0.886. The fourth-order valence-corrected chi connectivity index (χ4v) is 1.47. The normalized spacial score (nSPS) is 12.9. The molecule has 0 spiro atoms. The van der Waals surface area contributed by atoms with Crippen molar-refractivity contribution in [3.05, 3.63) is 27.5 Å². The van der Waals surface area contributed by atoms with Gasteiger partial charge in [0, 0.05) is 30.5 Å². The Kier molecular flexibility index (Phi) is 4.81. The molecule has 0 saturated heterocycles. The maximum absolute atomic E-state index is 8.82. The fraction of sp³-hybridized carbons (Fsp3) is 0.444. The predicted octanol–water partition coefficient (Wildman–Crippen LogP) is 1.97. The summed E-state index contributed by atoms with van der Waals surface area (Å²) in [6.45, 7) is 2.62. The lowest BCUT2D eigenvalue weighted by atomic mass is 10.2. The zero-order valence-electron chi connectivity index (χ0n) is 7.80. The van der Waals surface area contributed by atoms with E-state index in [9.17, 15) is 0 Å². The molecular weight excluding hydrogens is 267 g/mol. The summed E-state index contributed by atoms with van der Waals surface area (Å²) in [5.41, 5.74) is 0.918. The molecule has 0 aliphatic rings. The lowest BCUT2D eigenvalue weighted by Crippen LogP contribution is -2.28. The van der Waals surface area contributed by atoms with Gasteiger partial charge in [0.1, 0.15) is 0 Å². The van der Waals surface area contributed by atoms with Crippen LogP contribution in [0.4, 0.5) is 0 Å². The Balaban J connectivity index is 2.63. The van der Waals surface area contributed by atoms with Crippen molar-refractivity contribution in [1.82, 2.24) is 10.3 Å². The van der Waals surface area contributed by atoms with Crippen LogP contribution >= 0.6 is 27.5 Å². The molecule has 5 heteroatoms. The van der Waals surface area contributed by atoms with Crippen LogP contribution in [0.25, 0.3) is 0 Å². The van der Waals surface area contributed by atoms with Crippen LogP contribution in [-0.2, 0) is 6.54 Å². The van der Waals surface area contributed by atoms with E-state index >= 15 is 0 Å². The molecule has 14 heavy (non-hydrogen) atoms. The summed E-state index contributed by atoms with van der Waals surface area (Å²) in [5.74, 6) is 0. The highest BCUT2D eigenvalue weighted by Crippen LogP contribution is 2.24. The number of aromatic nitrogens is 1. The van der Waals surface area contributed by atoms with Gasteiger partial charge in [0.15, 0.2) is 0 Å². The molecule has 3 nitrogen and oxygen atoms in total. The summed E-state index contributed by atoms with van der Waals surface area (Å²) in [7, 11) is 0. The standard InChI is InChI=1S/C9H12BrClN2O/c1-6(5-14)13-3-7-2-12-4-8(10)9(7)11/h2,4,6,13-14H,3,5H2,1H3. The first-order chi connectivity index (χ1) is 6.65. The van der Waals surface area contributed by atoms with Crippen molar-refractivity contribution >= 4 is 27.5 Å². The number of nitrogens with one attached hydrogen (secondary N) is 1. The van der Waals surface area contributed by atoms with Crippen LogP contribution in [0.5, 0.6) is 0 Å². The second-order valence-corrected chi connectivity index (χ2v) is 4.29. The van der Waals surface area contributed by atoms with Gasteiger partial charge >= 0.3 is 0 Å². The summed E-state index contributed by atoms with van der Waals surface area (Å²) in [4.78, 5) is 4.02. The molecule has 1 heterocycles. The topological polar surface area (TPSA) is 45.1 Å². The Hall–Kier alpha value is -0.160. The van der Waals surface area contributed by atoms with Crippen LogP contribution in [0.3, 0.4) is 0 Å². The Morgan fingerprint density at radius 2 is 2.36 bits per heavy atom. The van der Waals surface area contributed by atoms with Gasteiger partial charge in [0.05, 0.1) is 16.1 Å². The third-order valence-electron chi connectivity index (χ3n) is 1.82. The summed E-state index contributed by atoms with van der Waals surface area (Å²) in [6, 6.07) is 0.0602. The second-order valence-electron chi connectivity index (χ2n) is 3.06. The number of pyridine rings is 1. The monoisotopic (exact) mass is 278 g/mol. The largest absolute Gasteiger partial charge is 0.395 e. The van der Waals surface area contributed by atoms with Gasteiger partial charge in [0.2, 0.25) is 0 Å². The van der Waals surface area contributed by atoms with Crippen LogP contribution < -0.4 is 5.32 Å². The van der Waals surface area contributed by atoms with Crippen molar-refractivity contribution in [2.24, 2.45) is 0 Å². The Morgan fingerprint density at radius 1 is 1.64 bits per heavy atom. The van der Waals surface area contributed by atoms with Gasteiger partial charge in [-0.15, -0.1) is 0 Å². The number of aliphatic hydroxyl groups is 1. The molecule has 0 aliphatic carbocycles. The molecule has 1 aromatic heterocycles. The van der Waals surface area contributed by atoms with E-state index in [-0.39, 0.29) is 12.6 Å². The Labute approximate surface area is 96.6 Å². The zero-order valence-corrected chi connectivity index (χ0v) is 10.1. The first-order valence-electron chi connectivity index (χ1n) is 4.27. The highest BCUT2D eigenvalue weighted by Gasteiger charge is 2.05. The summed E-state index contributed by atoms with van der Waals surface area (Å²) < 4.78 is 0.787. The van der Waals surface area contributed by atoms with E-state index < -0.39 is 0 Å². The van der Waals surface area contributed by atoms with Crippen molar-refractivity contribution in [3.8, 4) is 0 Å². The van der Waals surface area contributed by atoms with Gasteiger partial charge < -0.3 is 10.4 Å². The first kappa shape index (κ1) is 11.9. The molecule has 2 N–H and O–H groups in total. The van der Waals surface area contributed by atoms with Gasteiger partial charge in [0.25, 0.3) is 0 Å². The van der Waals surface area contributed by atoms with Crippen LogP contribution in [-0.4, -0.2) is 22.7 Å². The number of rotatable bonds is 4. The molecule has 1 unspecified atom stereocenters. The summed E-state index contributed by atoms with van der Waals surface area (Å²) in [6.07, 6.45) is 3.37. The summed E-state index contributed by atoms with van der Waals surface area (Å²) >= 11 is 9.33. The van der Waals surface area contributed by atoms with Crippen LogP contribution in [0.1, 0.15) is 12.5 Å². The van der Waals surface area contributed by atoms with Crippen molar-refractivity contribution < 1.29 is 5.11 Å². The second kappa shape index (κ2) is 5.66. The molecule has 1 rings (SSSR count). The van der Waals surface area contributed by atoms with Crippen molar-refractivity contribution in [1.29, 1.82) is 0 Å². The van der Waals surface area contributed by atoms with E-state index in [0.717, 1.165) is 10.0 Å². The molecule has 0 fully saturated rings. The maximum atomic E-state index is 8.82. The van der Waals surface area contributed by atoms with Gasteiger partial charge in [-0.1, -0.05) is 11.6 Å². The molecule has 0 amide bonds. The van der Waals surface area contributed by atoms with Crippen LogP contribution in [0.15, 0.2) is 16.9 Å². The van der Waals surface area contributed by atoms with E-state index in [1.165, 1.54) is 0 Å². The van der Waals surface area contributed by atoms with E-state index in [2.05, 4.69) is 26.2 Å². The highest BCUT2D eigenvalue weighted by molar-refractivity contribution is 9.10. The number of nitrogens with zero attached hydrogens (tertiary/aromatic N) is 1. The fourth-order valence-electron chi connectivity index (χ4n) is 0.931. The van der Waals surface area contributed by atoms with Gasteiger partial charge in [-0.2, -0.15) is 0 Å². The van der Waals surface area contributed by atoms with Crippen molar-refractivity contribution in [2.45, 2.75) is 19.5 Å². The molecule has 0 aromatic carbocycles. The molecule has 0 aliphatic heterocycles. The van der Waals surface area contributed by atoms with Crippen molar-refractivity contribution in [3.63, 3.8) is 0 Å². The lowest BCUT2D eigenvalue weighted by molar-refractivity contribution is 0.251. The average Bonchev–Trinajstić information content (AvgIpc) is 2.20. The number of hydrogen-bond acceptors (Lipinski definition) is 3. The first-order valence-corrected chi connectivity index (χ1v) is 5.44. The van der Waals surface area contributed by atoms with Gasteiger partial charge in [-0.05, 0) is 22.9 Å². The molecule has 0 radical (unpaired) electrons. The van der Waals surface area contributed by atoms with Gasteiger partial charge in [-0.3, -0.25) is 4.98 Å². The Morgan fingerprint density at radius 3 is 3.00 bits per heavy atom. The lowest BCUT2D eigenvalue weighted by Gasteiger charge is -2.11. The minimum absolute atomic E-state index is 0.0602. The third-order valence-corrected chi connectivity index (χ3v) is 3.10. The molecule has 78 valence electrons. The third kappa shape index (κ3) is 3.20. The molecule has 0 bridgehead atoms. The number of aliphatic hydroxyl groups excluding tert-OH is 1. The highest BCUT2D eigenvalue weighted by atomic mass is 79.9. The smallest absolute Gasteiger partial charge is 0.0624 e. The van der Waals surface area contributed by atoms with E-state index in [0.29, 0.717) is 11.6 Å². The minimum atomic E-state index is 0.0602. The zero-order chi connectivity index (χ0) is 10.6. The number of hydrogen-bond donors (Lipinski definition) is 2. The van der Waals surface area contributed by atoms with E-state index in [1.807, 2.05) is 6.92 Å². The van der Waals surface area contributed by atoms with Crippen LogP contribution in [0.2, 0.25) is 5.02 Å². The molecule has 0 saturated carbocycles. The van der Waals surface area contributed by atoms with Crippen molar-refractivity contribution in [2.75, 3.05) is 6.61 Å². The average molecular weight is 280 g/mol. The molecular formula is C9H12BrClN2O. The van der Waals surface area contributed by atoms with E-state index in [1.54, 1.807) is 12.4 Å². The Bertz CT molecular complexity index is 309. The maximum Gasteiger partial charge on any atom is 0.0624 e. The minimum Gasteiger partial charge on any atom is -0.395 e. The molecule has 1 atom stereocenters.